The monoisotopic (exact) mass is 353 g/mol. The molecule has 0 bridgehead atoms. The highest BCUT2D eigenvalue weighted by molar-refractivity contribution is 5.98. The van der Waals surface area contributed by atoms with Crippen LogP contribution in [0.5, 0.6) is 11.5 Å². The van der Waals surface area contributed by atoms with Gasteiger partial charge in [0.05, 0.1) is 19.8 Å². The summed E-state index contributed by atoms with van der Waals surface area (Å²) in [7, 11) is 2.82. The van der Waals surface area contributed by atoms with Crippen LogP contribution in [-0.2, 0) is 10.9 Å². The first-order valence-corrected chi connectivity index (χ1v) is 7.25. The molecule has 2 aromatic carbocycles. The van der Waals surface area contributed by atoms with Crippen molar-refractivity contribution in [2.24, 2.45) is 0 Å². The van der Waals surface area contributed by atoms with Crippen LogP contribution in [-0.4, -0.2) is 20.2 Å². The van der Waals surface area contributed by atoms with Crippen LogP contribution in [0.25, 0.3) is 0 Å². The fraction of sp³-hybridized carbons (Fsp3) is 0.235. The molecule has 1 atom stereocenters. The Labute approximate surface area is 141 Å². The third-order valence-electron chi connectivity index (χ3n) is 3.78. The van der Waals surface area contributed by atoms with Crippen LogP contribution >= 0.6 is 0 Å². The molecule has 1 heterocycles. The number of cyclic esters (lactones) is 1. The number of alkyl halides is 3. The number of anilines is 1. The molecule has 0 fully saturated rings. The molecule has 0 radical (unpaired) electrons. The standard InChI is InChI=1S/C17H14F3NO4/c1-23-12-7-6-11-13(14(12)24-2)16(22)25-15(11)21-10-5-3-4-9(8-10)17(18,19)20/h3-8,15,21H,1-2H3/t15-/m1/s1. The first-order valence-electron chi connectivity index (χ1n) is 7.25. The zero-order valence-corrected chi connectivity index (χ0v) is 13.3. The van der Waals surface area contributed by atoms with Crippen LogP contribution in [0.15, 0.2) is 36.4 Å². The number of rotatable bonds is 4. The largest absolute Gasteiger partial charge is 0.493 e. The normalized spacial score (nSPS) is 16.2. The molecule has 1 aliphatic heterocycles. The first-order chi connectivity index (χ1) is 11.8. The topological polar surface area (TPSA) is 56.8 Å². The van der Waals surface area contributed by atoms with E-state index in [2.05, 4.69) is 5.32 Å². The lowest BCUT2D eigenvalue weighted by Gasteiger charge is -2.16. The summed E-state index contributed by atoms with van der Waals surface area (Å²) in [5.74, 6) is -0.0634. The second kappa shape index (κ2) is 6.19. The molecule has 1 aliphatic rings. The number of nitrogens with one attached hydrogen (secondary N) is 1. The molecule has 0 unspecified atom stereocenters. The second-order valence-corrected chi connectivity index (χ2v) is 5.27. The average Bonchev–Trinajstić information content (AvgIpc) is 2.89. The number of methoxy groups -OCH3 is 2. The van der Waals surface area contributed by atoms with E-state index in [4.69, 9.17) is 14.2 Å². The predicted molar refractivity (Wildman–Crippen MR) is 82.8 cm³/mol. The minimum Gasteiger partial charge on any atom is -0.493 e. The van der Waals surface area contributed by atoms with Gasteiger partial charge in [-0.3, -0.25) is 0 Å². The molecular formula is C17H14F3NO4. The summed E-state index contributed by atoms with van der Waals surface area (Å²) < 4.78 is 54.0. The highest BCUT2D eigenvalue weighted by Gasteiger charge is 2.36. The Morgan fingerprint density at radius 2 is 1.88 bits per heavy atom. The van der Waals surface area contributed by atoms with Gasteiger partial charge < -0.3 is 19.5 Å². The van der Waals surface area contributed by atoms with Gasteiger partial charge >= 0.3 is 12.1 Å². The van der Waals surface area contributed by atoms with E-state index in [1.807, 2.05) is 0 Å². The Morgan fingerprint density at radius 1 is 1.12 bits per heavy atom. The summed E-state index contributed by atoms with van der Waals surface area (Å²) in [6.45, 7) is 0. The SMILES string of the molecule is COc1ccc2c(c1OC)C(=O)O[C@H]2Nc1cccc(C(F)(F)F)c1. The van der Waals surface area contributed by atoms with Gasteiger partial charge in [0.15, 0.2) is 11.5 Å². The highest BCUT2D eigenvalue weighted by atomic mass is 19.4. The Kier molecular flexibility index (Phi) is 4.20. The van der Waals surface area contributed by atoms with Crippen LogP contribution < -0.4 is 14.8 Å². The van der Waals surface area contributed by atoms with Gasteiger partial charge in [0.25, 0.3) is 0 Å². The van der Waals surface area contributed by atoms with E-state index in [0.29, 0.717) is 11.3 Å². The van der Waals surface area contributed by atoms with Crippen molar-refractivity contribution in [2.75, 3.05) is 19.5 Å². The molecular weight excluding hydrogens is 339 g/mol. The molecule has 8 heteroatoms. The van der Waals surface area contributed by atoms with Crippen molar-refractivity contribution in [2.45, 2.75) is 12.4 Å². The number of halogens is 3. The quantitative estimate of drug-likeness (QED) is 0.842. The second-order valence-electron chi connectivity index (χ2n) is 5.27. The number of hydrogen-bond acceptors (Lipinski definition) is 5. The molecule has 1 N–H and O–H groups in total. The van der Waals surface area contributed by atoms with Crippen LogP contribution in [0.3, 0.4) is 0 Å². The number of fused-ring (bicyclic) bond motifs is 1. The molecule has 132 valence electrons. The Balaban J connectivity index is 1.94. The number of benzene rings is 2. The van der Waals surface area contributed by atoms with E-state index in [1.54, 1.807) is 12.1 Å². The molecule has 0 amide bonds. The van der Waals surface area contributed by atoms with E-state index < -0.39 is 23.9 Å². The first kappa shape index (κ1) is 16.9. The van der Waals surface area contributed by atoms with E-state index in [1.165, 1.54) is 26.4 Å². The van der Waals surface area contributed by atoms with Crippen molar-refractivity contribution in [3.05, 3.63) is 53.1 Å². The molecule has 0 saturated heterocycles. The van der Waals surface area contributed by atoms with E-state index in [-0.39, 0.29) is 17.0 Å². The maximum atomic E-state index is 12.8. The van der Waals surface area contributed by atoms with Gasteiger partial charge in [0.1, 0.15) is 5.56 Å². The zero-order valence-electron chi connectivity index (χ0n) is 13.3. The Morgan fingerprint density at radius 3 is 2.52 bits per heavy atom. The molecule has 5 nitrogen and oxygen atoms in total. The van der Waals surface area contributed by atoms with Crippen molar-refractivity contribution in [3.63, 3.8) is 0 Å². The van der Waals surface area contributed by atoms with Crippen LogP contribution in [0.2, 0.25) is 0 Å². The van der Waals surface area contributed by atoms with E-state index >= 15 is 0 Å². The number of carbonyl (C=O) groups excluding carboxylic acids is 1. The van der Waals surface area contributed by atoms with Gasteiger partial charge in [0, 0.05) is 11.3 Å². The molecule has 0 aromatic heterocycles. The van der Waals surface area contributed by atoms with Crippen molar-refractivity contribution in [1.29, 1.82) is 0 Å². The summed E-state index contributed by atoms with van der Waals surface area (Å²) in [5, 5.41) is 2.79. The summed E-state index contributed by atoms with van der Waals surface area (Å²) in [6.07, 6.45) is -5.38. The maximum absolute atomic E-state index is 12.8. The smallest absolute Gasteiger partial charge is 0.416 e. The van der Waals surface area contributed by atoms with Crippen molar-refractivity contribution in [1.82, 2.24) is 0 Å². The Hall–Kier alpha value is -2.90. The fourth-order valence-corrected chi connectivity index (χ4v) is 2.64. The van der Waals surface area contributed by atoms with Gasteiger partial charge in [-0.15, -0.1) is 0 Å². The van der Waals surface area contributed by atoms with Crippen molar-refractivity contribution < 1.29 is 32.2 Å². The van der Waals surface area contributed by atoms with E-state index in [0.717, 1.165) is 12.1 Å². The lowest BCUT2D eigenvalue weighted by atomic mass is 10.1. The number of esters is 1. The maximum Gasteiger partial charge on any atom is 0.416 e. The molecule has 3 rings (SSSR count). The predicted octanol–water partition coefficient (Wildman–Crippen LogP) is 4.00. The summed E-state index contributed by atoms with van der Waals surface area (Å²) in [4.78, 5) is 12.2. The molecule has 0 aliphatic carbocycles. The van der Waals surface area contributed by atoms with Gasteiger partial charge in [0.2, 0.25) is 6.23 Å². The fourth-order valence-electron chi connectivity index (χ4n) is 2.64. The van der Waals surface area contributed by atoms with Crippen LogP contribution in [0.1, 0.15) is 27.7 Å². The Bertz CT molecular complexity index is 820. The highest BCUT2D eigenvalue weighted by Crippen LogP contribution is 2.42. The zero-order chi connectivity index (χ0) is 18.2. The summed E-state index contributed by atoms with van der Waals surface area (Å²) >= 11 is 0. The molecule has 0 saturated carbocycles. The average molecular weight is 353 g/mol. The van der Waals surface area contributed by atoms with Crippen molar-refractivity contribution in [3.8, 4) is 11.5 Å². The van der Waals surface area contributed by atoms with Crippen molar-refractivity contribution >= 4 is 11.7 Å². The minimum atomic E-state index is -4.46. The molecule has 2 aromatic rings. The van der Waals surface area contributed by atoms with E-state index in [9.17, 15) is 18.0 Å². The van der Waals surface area contributed by atoms with Gasteiger partial charge in [-0.25, -0.2) is 4.79 Å². The minimum absolute atomic E-state index is 0.176. The lowest BCUT2D eigenvalue weighted by Crippen LogP contribution is -2.11. The van der Waals surface area contributed by atoms with Gasteiger partial charge in [-0.05, 0) is 30.3 Å². The van der Waals surface area contributed by atoms with Gasteiger partial charge in [-0.1, -0.05) is 6.07 Å². The molecule has 25 heavy (non-hydrogen) atoms. The lowest BCUT2D eigenvalue weighted by molar-refractivity contribution is -0.137. The number of hydrogen-bond donors (Lipinski definition) is 1. The van der Waals surface area contributed by atoms with Crippen LogP contribution in [0.4, 0.5) is 18.9 Å². The number of ether oxygens (including phenoxy) is 3. The third-order valence-corrected chi connectivity index (χ3v) is 3.78. The van der Waals surface area contributed by atoms with Gasteiger partial charge in [-0.2, -0.15) is 13.2 Å². The summed E-state index contributed by atoms with van der Waals surface area (Å²) in [6, 6.07) is 7.85. The van der Waals surface area contributed by atoms with Crippen LogP contribution in [0, 0.1) is 0 Å². The summed E-state index contributed by atoms with van der Waals surface area (Å²) in [5.41, 5.74) is 0.0241. The number of carbonyl (C=O) groups is 1. The molecule has 0 spiro atoms. The third kappa shape index (κ3) is 3.07.